The van der Waals surface area contributed by atoms with E-state index in [2.05, 4.69) is 9.47 Å². The average Bonchev–Trinajstić information content (AvgIpc) is 2.02. The van der Waals surface area contributed by atoms with E-state index in [0.717, 1.165) is 0 Å². The first-order valence-corrected chi connectivity index (χ1v) is 3.68. The SMILES string of the molecule is NC1OC(F)(F)Oc2ccccc21. The normalized spacial score (nSPS) is 24.7. The highest BCUT2D eigenvalue weighted by atomic mass is 19.3. The van der Waals surface area contributed by atoms with Crippen molar-refractivity contribution < 1.29 is 18.3 Å². The Morgan fingerprint density at radius 2 is 2.00 bits per heavy atom. The third-order valence-corrected chi connectivity index (χ3v) is 1.72. The predicted molar refractivity (Wildman–Crippen MR) is 40.0 cm³/mol. The lowest BCUT2D eigenvalue weighted by molar-refractivity contribution is -0.381. The summed E-state index contributed by atoms with van der Waals surface area (Å²) in [4.78, 5) is 0. The highest BCUT2D eigenvalue weighted by Gasteiger charge is 2.42. The Hall–Kier alpha value is -1.20. The van der Waals surface area contributed by atoms with Crippen molar-refractivity contribution in [2.45, 2.75) is 12.5 Å². The van der Waals surface area contributed by atoms with Crippen molar-refractivity contribution in [1.29, 1.82) is 0 Å². The van der Waals surface area contributed by atoms with Gasteiger partial charge < -0.3 is 10.5 Å². The second-order valence-corrected chi connectivity index (χ2v) is 2.64. The van der Waals surface area contributed by atoms with Gasteiger partial charge in [0.05, 0.1) is 0 Å². The Labute approximate surface area is 73.1 Å². The highest BCUT2D eigenvalue weighted by molar-refractivity contribution is 5.35. The van der Waals surface area contributed by atoms with Crippen LogP contribution in [0.2, 0.25) is 0 Å². The molecule has 1 atom stereocenters. The van der Waals surface area contributed by atoms with E-state index in [1.54, 1.807) is 18.2 Å². The lowest BCUT2D eigenvalue weighted by Gasteiger charge is -2.28. The molecule has 0 spiro atoms. The standard InChI is InChI=1S/C8H7F2NO2/c9-8(10)12-6-4-2-1-3-5(6)7(11)13-8/h1-4,7H,11H2. The average molecular weight is 187 g/mol. The van der Waals surface area contributed by atoms with Crippen LogP contribution in [0, 0.1) is 0 Å². The molecule has 2 N–H and O–H groups in total. The second kappa shape index (κ2) is 2.65. The molecule has 5 heteroatoms. The molecule has 2 rings (SSSR count). The molecular weight excluding hydrogens is 180 g/mol. The molecule has 1 aliphatic rings. The molecule has 1 aromatic carbocycles. The van der Waals surface area contributed by atoms with Crippen LogP contribution < -0.4 is 10.5 Å². The van der Waals surface area contributed by atoms with Crippen LogP contribution >= 0.6 is 0 Å². The number of para-hydroxylation sites is 1. The molecule has 0 bridgehead atoms. The van der Waals surface area contributed by atoms with E-state index < -0.39 is 12.5 Å². The van der Waals surface area contributed by atoms with Gasteiger partial charge in [-0.2, -0.15) is 0 Å². The summed E-state index contributed by atoms with van der Waals surface area (Å²) in [7, 11) is 0. The summed E-state index contributed by atoms with van der Waals surface area (Å²) in [6, 6.07) is 6.27. The Bertz CT molecular complexity index is 330. The van der Waals surface area contributed by atoms with Crippen molar-refractivity contribution in [1.82, 2.24) is 0 Å². The van der Waals surface area contributed by atoms with Crippen molar-refractivity contribution in [3.8, 4) is 5.75 Å². The van der Waals surface area contributed by atoms with Gasteiger partial charge in [0.25, 0.3) is 0 Å². The number of ether oxygens (including phenoxy) is 2. The summed E-state index contributed by atoms with van der Waals surface area (Å²) < 4.78 is 33.6. The van der Waals surface area contributed by atoms with Crippen molar-refractivity contribution in [3.05, 3.63) is 29.8 Å². The van der Waals surface area contributed by atoms with E-state index in [4.69, 9.17) is 5.73 Å². The summed E-state index contributed by atoms with van der Waals surface area (Å²) in [5.74, 6) is 0.0613. The maximum atomic E-state index is 12.6. The number of fused-ring (bicyclic) bond motifs is 1. The third-order valence-electron chi connectivity index (χ3n) is 1.72. The Morgan fingerprint density at radius 3 is 2.77 bits per heavy atom. The van der Waals surface area contributed by atoms with Gasteiger partial charge in [-0.3, -0.25) is 4.74 Å². The zero-order valence-electron chi connectivity index (χ0n) is 6.54. The van der Waals surface area contributed by atoms with Crippen LogP contribution in [0.25, 0.3) is 0 Å². The molecule has 0 aliphatic carbocycles. The van der Waals surface area contributed by atoms with Crippen LogP contribution in [0.4, 0.5) is 8.78 Å². The van der Waals surface area contributed by atoms with Crippen molar-refractivity contribution >= 4 is 0 Å². The minimum Gasteiger partial charge on any atom is -0.409 e. The smallest absolute Gasteiger partial charge is 0.409 e. The molecule has 0 aromatic heterocycles. The van der Waals surface area contributed by atoms with Crippen LogP contribution in [0.5, 0.6) is 5.75 Å². The van der Waals surface area contributed by atoms with Gasteiger partial charge in [-0.05, 0) is 6.07 Å². The minimum absolute atomic E-state index is 0.0613. The van der Waals surface area contributed by atoms with Gasteiger partial charge >= 0.3 is 6.29 Å². The molecule has 1 unspecified atom stereocenters. The number of hydrogen-bond acceptors (Lipinski definition) is 3. The lowest BCUT2D eigenvalue weighted by atomic mass is 10.1. The number of rotatable bonds is 0. The Morgan fingerprint density at radius 1 is 1.31 bits per heavy atom. The molecule has 70 valence electrons. The van der Waals surface area contributed by atoms with Gasteiger partial charge in [-0.25, -0.2) is 0 Å². The predicted octanol–water partition coefficient (Wildman–Crippen LogP) is 1.60. The van der Waals surface area contributed by atoms with E-state index in [0.29, 0.717) is 5.56 Å². The summed E-state index contributed by atoms with van der Waals surface area (Å²) in [6.07, 6.45) is -4.77. The van der Waals surface area contributed by atoms with Crippen LogP contribution in [0.1, 0.15) is 11.8 Å². The molecule has 1 aliphatic heterocycles. The quantitative estimate of drug-likeness (QED) is 0.670. The monoisotopic (exact) mass is 187 g/mol. The number of hydrogen-bond donors (Lipinski definition) is 1. The molecular formula is C8H7F2NO2. The summed E-state index contributed by atoms with van der Waals surface area (Å²) in [5.41, 5.74) is 5.76. The molecule has 1 aromatic rings. The first kappa shape index (κ1) is 8.40. The van der Waals surface area contributed by atoms with Crippen LogP contribution in [-0.4, -0.2) is 6.29 Å². The first-order valence-electron chi connectivity index (χ1n) is 3.68. The number of alkyl halides is 2. The van der Waals surface area contributed by atoms with Gasteiger partial charge in [0.1, 0.15) is 12.0 Å². The fraction of sp³-hybridized carbons (Fsp3) is 0.250. The molecule has 0 amide bonds. The maximum absolute atomic E-state index is 12.6. The molecule has 0 saturated heterocycles. The van der Waals surface area contributed by atoms with Crippen molar-refractivity contribution in [2.24, 2.45) is 5.73 Å². The topological polar surface area (TPSA) is 44.5 Å². The van der Waals surface area contributed by atoms with E-state index in [1.807, 2.05) is 0 Å². The number of nitrogens with two attached hydrogens (primary N) is 1. The summed E-state index contributed by atoms with van der Waals surface area (Å²) in [6.45, 7) is 0. The Kier molecular flexibility index (Phi) is 1.71. The van der Waals surface area contributed by atoms with Gasteiger partial charge in [-0.1, -0.05) is 18.2 Å². The fourth-order valence-electron chi connectivity index (χ4n) is 1.17. The lowest BCUT2D eigenvalue weighted by Crippen LogP contribution is -2.37. The minimum atomic E-state index is -3.63. The van der Waals surface area contributed by atoms with Crippen molar-refractivity contribution in [2.75, 3.05) is 0 Å². The van der Waals surface area contributed by atoms with Gasteiger partial charge in [0.2, 0.25) is 0 Å². The van der Waals surface area contributed by atoms with E-state index in [1.165, 1.54) is 6.07 Å². The summed E-state index contributed by atoms with van der Waals surface area (Å²) in [5, 5.41) is 0. The summed E-state index contributed by atoms with van der Waals surface area (Å²) >= 11 is 0. The van der Waals surface area contributed by atoms with Crippen LogP contribution in [0.15, 0.2) is 24.3 Å². The van der Waals surface area contributed by atoms with Crippen molar-refractivity contribution in [3.63, 3.8) is 0 Å². The van der Waals surface area contributed by atoms with E-state index in [-0.39, 0.29) is 5.75 Å². The third kappa shape index (κ3) is 1.48. The van der Waals surface area contributed by atoms with Crippen LogP contribution in [-0.2, 0) is 4.74 Å². The highest BCUT2D eigenvalue weighted by Crippen LogP contribution is 2.37. The zero-order valence-corrected chi connectivity index (χ0v) is 6.54. The first-order chi connectivity index (χ1) is 6.08. The van der Waals surface area contributed by atoms with E-state index >= 15 is 0 Å². The molecule has 1 heterocycles. The fourth-order valence-corrected chi connectivity index (χ4v) is 1.17. The molecule has 3 nitrogen and oxygen atoms in total. The number of benzene rings is 1. The molecule has 0 fully saturated rings. The number of halogens is 2. The van der Waals surface area contributed by atoms with Gasteiger partial charge in [0, 0.05) is 5.56 Å². The Balaban J connectivity index is 2.43. The molecule has 0 radical (unpaired) electrons. The van der Waals surface area contributed by atoms with E-state index in [9.17, 15) is 8.78 Å². The van der Waals surface area contributed by atoms with Gasteiger partial charge in [0.15, 0.2) is 0 Å². The molecule has 0 saturated carbocycles. The van der Waals surface area contributed by atoms with Gasteiger partial charge in [-0.15, -0.1) is 8.78 Å². The maximum Gasteiger partial charge on any atom is 0.537 e. The second-order valence-electron chi connectivity index (χ2n) is 2.64. The molecule has 13 heavy (non-hydrogen) atoms. The largest absolute Gasteiger partial charge is 0.537 e. The zero-order chi connectivity index (χ0) is 9.47. The van der Waals surface area contributed by atoms with Crippen LogP contribution in [0.3, 0.4) is 0 Å².